The lowest BCUT2D eigenvalue weighted by molar-refractivity contribution is 0.00636. The topological polar surface area (TPSA) is 24.5 Å². The van der Waals surface area contributed by atoms with E-state index in [2.05, 4.69) is 17.1 Å². The highest BCUT2D eigenvalue weighted by atomic mass is 16.5. The molecule has 1 unspecified atom stereocenters. The van der Waals surface area contributed by atoms with Crippen molar-refractivity contribution < 1.29 is 4.74 Å². The summed E-state index contributed by atoms with van der Waals surface area (Å²) in [4.78, 5) is 2.55. The fourth-order valence-corrected chi connectivity index (χ4v) is 2.45. The van der Waals surface area contributed by atoms with E-state index >= 15 is 0 Å². The molecule has 2 fully saturated rings. The Bertz CT molecular complexity index is 192. The predicted molar refractivity (Wildman–Crippen MR) is 66.7 cm³/mol. The standard InChI is InChI=1S/C13H26N2O/c1-2-16-13-4-3-8-15(11-13)9-7-14-10-12-5-6-12/h12-14H,2-11H2,1H3. The second-order valence-corrected chi connectivity index (χ2v) is 5.17. The highest BCUT2D eigenvalue weighted by Gasteiger charge is 2.21. The molecule has 0 aromatic rings. The van der Waals surface area contributed by atoms with Crippen molar-refractivity contribution in [3.63, 3.8) is 0 Å². The first-order valence-electron chi connectivity index (χ1n) is 6.93. The molecule has 1 aliphatic heterocycles. The van der Waals surface area contributed by atoms with Crippen LogP contribution in [0.2, 0.25) is 0 Å². The summed E-state index contributed by atoms with van der Waals surface area (Å²) >= 11 is 0. The van der Waals surface area contributed by atoms with E-state index in [1.165, 1.54) is 45.3 Å². The maximum atomic E-state index is 5.71. The smallest absolute Gasteiger partial charge is 0.0702 e. The summed E-state index contributed by atoms with van der Waals surface area (Å²) in [6, 6.07) is 0. The number of hydrogen-bond acceptors (Lipinski definition) is 3. The van der Waals surface area contributed by atoms with Gasteiger partial charge < -0.3 is 10.1 Å². The van der Waals surface area contributed by atoms with E-state index in [9.17, 15) is 0 Å². The van der Waals surface area contributed by atoms with Crippen LogP contribution in [-0.2, 0) is 4.74 Å². The summed E-state index contributed by atoms with van der Waals surface area (Å²) in [5, 5.41) is 3.56. The molecule has 1 saturated heterocycles. The second-order valence-electron chi connectivity index (χ2n) is 5.17. The summed E-state index contributed by atoms with van der Waals surface area (Å²) < 4.78 is 5.71. The van der Waals surface area contributed by atoms with Gasteiger partial charge in [-0.3, -0.25) is 4.90 Å². The van der Waals surface area contributed by atoms with Gasteiger partial charge >= 0.3 is 0 Å². The van der Waals surface area contributed by atoms with Crippen molar-refractivity contribution in [2.75, 3.05) is 39.3 Å². The Morgan fingerprint density at radius 3 is 2.94 bits per heavy atom. The Morgan fingerprint density at radius 2 is 2.19 bits per heavy atom. The van der Waals surface area contributed by atoms with Gasteiger partial charge in [-0.05, 0) is 51.6 Å². The largest absolute Gasteiger partial charge is 0.377 e. The Morgan fingerprint density at radius 1 is 1.31 bits per heavy atom. The van der Waals surface area contributed by atoms with Crippen LogP contribution >= 0.6 is 0 Å². The predicted octanol–water partition coefficient (Wildman–Crippen LogP) is 1.49. The number of ether oxygens (including phenoxy) is 1. The minimum atomic E-state index is 0.488. The molecular weight excluding hydrogens is 200 g/mol. The van der Waals surface area contributed by atoms with Crippen LogP contribution in [0.1, 0.15) is 32.6 Å². The number of nitrogens with one attached hydrogen (secondary N) is 1. The van der Waals surface area contributed by atoms with Crippen LogP contribution in [0.15, 0.2) is 0 Å². The lowest BCUT2D eigenvalue weighted by atomic mass is 10.1. The van der Waals surface area contributed by atoms with Gasteiger partial charge in [0.15, 0.2) is 0 Å². The van der Waals surface area contributed by atoms with E-state index in [-0.39, 0.29) is 0 Å². The minimum Gasteiger partial charge on any atom is -0.377 e. The zero-order chi connectivity index (χ0) is 11.2. The molecule has 2 aliphatic rings. The molecule has 1 N–H and O–H groups in total. The van der Waals surface area contributed by atoms with E-state index in [4.69, 9.17) is 4.74 Å². The van der Waals surface area contributed by atoms with E-state index < -0.39 is 0 Å². The Hall–Kier alpha value is -0.120. The summed E-state index contributed by atoms with van der Waals surface area (Å²) in [6.07, 6.45) is 5.93. The molecule has 0 aromatic heterocycles. The number of piperidine rings is 1. The van der Waals surface area contributed by atoms with Crippen molar-refractivity contribution in [2.45, 2.75) is 38.7 Å². The van der Waals surface area contributed by atoms with Gasteiger partial charge in [0.2, 0.25) is 0 Å². The molecule has 0 radical (unpaired) electrons. The van der Waals surface area contributed by atoms with Gasteiger partial charge in [0.05, 0.1) is 6.10 Å². The molecule has 0 aromatic carbocycles. The number of rotatable bonds is 7. The van der Waals surface area contributed by atoms with Gasteiger partial charge in [-0.1, -0.05) is 0 Å². The van der Waals surface area contributed by atoms with Crippen LogP contribution in [0.3, 0.4) is 0 Å². The van der Waals surface area contributed by atoms with Gasteiger partial charge in [0.25, 0.3) is 0 Å². The first kappa shape index (κ1) is 12.3. The molecule has 2 rings (SSSR count). The van der Waals surface area contributed by atoms with Crippen molar-refractivity contribution in [2.24, 2.45) is 5.92 Å². The third-order valence-corrected chi connectivity index (χ3v) is 3.60. The molecule has 3 nitrogen and oxygen atoms in total. The first-order chi connectivity index (χ1) is 7.88. The molecule has 1 saturated carbocycles. The van der Waals surface area contributed by atoms with Gasteiger partial charge in [-0.25, -0.2) is 0 Å². The van der Waals surface area contributed by atoms with Crippen LogP contribution in [0, 0.1) is 5.92 Å². The average molecular weight is 226 g/mol. The van der Waals surface area contributed by atoms with Gasteiger partial charge in [-0.2, -0.15) is 0 Å². The van der Waals surface area contributed by atoms with Gasteiger partial charge in [-0.15, -0.1) is 0 Å². The highest BCUT2D eigenvalue weighted by Crippen LogP contribution is 2.27. The molecule has 0 bridgehead atoms. The van der Waals surface area contributed by atoms with Crippen LogP contribution in [0.5, 0.6) is 0 Å². The van der Waals surface area contributed by atoms with Crippen molar-refractivity contribution in [3.8, 4) is 0 Å². The van der Waals surface area contributed by atoms with Crippen LogP contribution in [0.4, 0.5) is 0 Å². The fourth-order valence-electron chi connectivity index (χ4n) is 2.45. The molecule has 16 heavy (non-hydrogen) atoms. The van der Waals surface area contributed by atoms with E-state index in [0.717, 1.165) is 25.6 Å². The summed E-state index contributed by atoms with van der Waals surface area (Å²) in [7, 11) is 0. The lowest BCUT2D eigenvalue weighted by Gasteiger charge is -2.32. The van der Waals surface area contributed by atoms with Crippen LogP contribution < -0.4 is 5.32 Å². The molecule has 1 heterocycles. The zero-order valence-electron chi connectivity index (χ0n) is 10.6. The van der Waals surface area contributed by atoms with E-state index in [1.54, 1.807) is 0 Å². The van der Waals surface area contributed by atoms with Crippen molar-refractivity contribution in [1.82, 2.24) is 10.2 Å². The molecule has 1 aliphatic carbocycles. The molecule has 1 atom stereocenters. The Labute approximate surface area is 99.5 Å². The van der Waals surface area contributed by atoms with Crippen molar-refractivity contribution in [3.05, 3.63) is 0 Å². The lowest BCUT2D eigenvalue weighted by Crippen LogP contribution is -2.42. The summed E-state index contributed by atoms with van der Waals surface area (Å²) in [6.45, 7) is 8.93. The summed E-state index contributed by atoms with van der Waals surface area (Å²) in [5.41, 5.74) is 0. The average Bonchev–Trinajstić information content (AvgIpc) is 3.09. The Kier molecular flexibility index (Phi) is 5.07. The van der Waals surface area contributed by atoms with Crippen molar-refractivity contribution in [1.29, 1.82) is 0 Å². The maximum absolute atomic E-state index is 5.71. The first-order valence-corrected chi connectivity index (χ1v) is 6.93. The third kappa shape index (κ3) is 4.40. The SMILES string of the molecule is CCOC1CCCN(CCNCC2CC2)C1. The van der Waals surface area contributed by atoms with E-state index in [1.807, 2.05) is 0 Å². The van der Waals surface area contributed by atoms with Crippen molar-refractivity contribution >= 4 is 0 Å². The number of hydrogen-bond donors (Lipinski definition) is 1. The van der Waals surface area contributed by atoms with Gasteiger partial charge in [0, 0.05) is 26.2 Å². The molecule has 0 amide bonds. The summed E-state index contributed by atoms with van der Waals surface area (Å²) in [5.74, 6) is 0.998. The molecule has 94 valence electrons. The maximum Gasteiger partial charge on any atom is 0.0702 e. The van der Waals surface area contributed by atoms with Gasteiger partial charge in [0.1, 0.15) is 0 Å². The number of likely N-dealkylation sites (tertiary alicyclic amines) is 1. The van der Waals surface area contributed by atoms with Crippen LogP contribution in [-0.4, -0.2) is 50.3 Å². The third-order valence-electron chi connectivity index (χ3n) is 3.60. The monoisotopic (exact) mass is 226 g/mol. The number of nitrogens with zero attached hydrogens (tertiary/aromatic N) is 1. The highest BCUT2D eigenvalue weighted by molar-refractivity contribution is 4.77. The molecular formula is C13H26N2O. The van der Waals surface area contributed by atoms with Crippen LogP contribution in [0.25, 0.3) is 0 Å². The second kappa shape index (κ2) is 6.58. The van der Waals surface area contributed by atoms with E-state index in [0.29, 0.717) is 6.10 Å². The molecule has 0 spiro atoms. The normalized spacial score (nSPS) is 27.2. The minimum absolute atomic E-state index is 0.488. The zero-order valence-corrected chi connectivity index (χ0v) is 10.6. The Balaban J connectivity index is 1.53. The quantitative estimate of drug-likeness (QED) is 0.666. The molecule has 3 heteroatoms. The fraction of sp³-hybridized carbons (Fsp3) is 1.00.